The highest BCUT2D eigenvalue weighted by atomic mass is 19.4. The molecular weight excluding hydrogens is 331 g/mol. The van der Waals surface area contributed by atoms with Crippen molar-refractivity contribution >= 4 is 0 Å². The van der Waals surface area contributed by atoms with Crippen molar-refractivity contribution < 1.29 is 17.7 Å². The van der Waals surface area contributed by atoms with Gasteiger partial charge >= 0.3 is 6.18 Å². The lowest BCUT2D eigenvalue weighted by molar-refractivity contribution is -0.137. The Morgan fingerprint density at radius 2 is 2.00 bits per heavy atom. The highest BCUT2D eigenvalue weighted by Gasteiger charge is 2.43. The predicted molar refractivity (Wildman–Crippen MR) is 87.2 cm³/mol. The van der Waals surface area contributed by atoms with Gasteiger partial charge in [-0.2, -0.15) is 18.2 Å². The van der Waals surface area contributed by atoms with Crippen molar-refractivity contribution in [3.05, 3.63) is 47.1 Å². The Hall–Kier alpha value is -1.89. The summed E-state index contributed by atoms with van der Waals surface area (Å²) >= 11 is 0. The Labute approximate surface area is 144 Å². The standard InChI is InChI=1S/C18H22F3N3O/c1-12(22-2)10-15-23-16(25-24-15)17(8-3-4-9-17)13-6-5-7-14(11-13)18(19,20)21/h5-7,11-12,22H,3-4,8-10H2,1-2H3. The normalized spacial score (nSPS) is 18.4. The summed E-state index contributed by atoms with van der Waals surface area (Å²) in [4.78, 5) is 4.52. The molecule has 0 radical (unpaired) electrons. The number of rotatable bonds is 5. The molecule has 1 unspecified atom stereocenters. The van der Waals surface area contributed by atoms with Crippen molar-refractivity contribution in [3.8, 4) is 0 Å². The average Bonchev–Trinajstić information content (AvgIpc) is 3.24. The summed E-state index contributed by atoms with van der Waals surface area (Å²) in [6, 6.07) is 5.71. The van der Waals surface area contributed by atoms with Gasteiger partial charge in [-0.25, -0.2) is 0 Å². The van der Waals surface area contributed by atoms with Crippen molar-refractivity contribution in [1.29, 1.82) is 0 Å². The van der Waals surface area contributed by atoms with E-state index >= 15 is 0 Å². The SMILES string of the molecule is CNC(C)Cc1noc(C2(c3cccc(C(F)(F)F)c3)CCCC2)n1. The summed E-state index contributed by atoms with van der Waals surface area (Å²) in [5.74, 6) is 1.01. The number of halogens is 3. The smallest absolute Gasteiger partial charge is 0.338 e. The minimum absolute atomic E-state index is 0.193. The van der Waals surface area contributed by atoms with E-state index in [-0.39, 0.29) is 6.04 Å². The fourth-order valence-corrected chi connectivity index (χ4v) is 3.50. The molecule has 1 saturated carbocycles. The van der Waals surface area contributed by atoms with E-state index < -0.39 is 17.2 Å². The van der Waals surface area contributed by atoms with Crippen LogP contribution in [0.1, 0.15) is 55.4 Å². The van der Waals surface area contributed by atoms with Crippen LogP contribution in [0.25, 0.3) is 0 Å². The highest BCUT2D eigenvalue weighted by Crippen LogP contribution is 2.46. The molecule has 1 aliphatic carbocycles. The van der Waals surface area contributed by atoms with Crippen molar-refractivity contribution in [2.45, 2.75) is 56.7 Å². The lowest BCUT2D eigenvalue weighted by atomic mass is 9.78. The van der Waals surface area contributed by atoms with Gasteiger partial charge in [-0.15, -0.1) is 0 Å². The van der Waals surface area contributed by atoms with Gasteiger partial charge in [0.25, 0.3) is 0 Å². The van der Waals surface area contributed by atoms with Gasteiger partial charge in [0.05, 0.1) is 11.0 Å². The van der Waals surface area contributed by atoms with Crippen LogP contribution in [0.4, 0.5) is 13.2 Å². The van der Waals surface area contributed by atoms with Crippen molar-refractivity contribution in [2.75, 3.05) is 7.05 Å². The van der Waals surface area contributed by atoms with E-state index in [0.29, 0.717) is 23.7 Å². The number of nitrogens with one attached hydrogen (secondary N) is 1. The quantitative estimate of drug-likeness (QED) is 0.879. The molecule has 3 rings (SSSR count). The van der Waals surface area contributed by atoms with Crippen molar-refractivity contribution in [2.24, 2.45) is 0 Å². The fraction of sp³-hybridized carbons (Fsp3) is 0.556. The van der Waals surface area contributed by atoms with Gasteiger partial charge in [-0.1, -0.05) is 36.2 Å². The molecule has 0 aliphatic heterocycles. The number of hydrogen-bond donors (Lipinski definition) is 1. The molecule has 136 valence electrons. The maximum absolute atomic E-state index is 13.1. The zero-order valence-electron chi connectivity index (χ0n) is 14.4. The minimum Gasteiger partial charge on any atom is -0.338 e. The van der Waals surface area contributed by atoms with Crippen LogP contribution in [-0.4, -0.2) is 23.2 Å². The lowest BCUT2D eigenvalue weighted by Gasteiger charge is -2.26. The van der Waals surface area contributed by atoms with Crippen LogP contribution in [0.5, 0.6) is 0 Å². The number of hydrogen-bond acceptors (Lipinski definition) is 4. The van der Waals surface area contributed by atoms with Crippen molar-refractivity contribution in [1.82, 2.24) is 15.5 Å². The maximum atomic E-state index is 13.1. The summed E-state index contributed by atoms with van der Waals surface area (Å²) in [6.07, 6.45) is -0.451. The Balaban J connectivity index is 1.98. The summed E-state index contributed by atoms with van der Waals surface area (Å²) in [7, 11) is 1.85. The van der Waals surface area contributed by atoms with Crippen LogP contribution < -0.4 is 5.32 Å². The van der Waals surface area contributed by atoms with Crippen LogP contribution in [0.2, 0.25) is 0 Å². The molecule has 0 bridgehead atoms. The zero-order valence-corrected chi connectivity index (χ0v) is 14.4. The molecule has 1 heterocycles. The molecule has 0 saturated heterocycles. The van der Waals surface area contributed by atoms with E-state index in [1.807, 2.05) is 14.0 Å². The Bertz CT molecular complexity index is 720. The summed E-state index contributed by atoms with van der Waals surface area (Å²) < 4.78 is 44.8. The molecule has 1 N–H and O–H groups in total. The molecule has 1 aromatic heterocycles. The van der Waals surface area contributed by atoms with Crippen LogP contribution in [0, 0.1) is 0 Å². The zero-order chi connectivity index (χ0) is 18.1. The third-order valence-electron chi connectivity index (χ3n) is 5.06. The molecule has 25 heavy (non-hydrogen) atoms. The first-order chi connectivity index (χ1) is 11.8. The van der Waals surface area contributed by atoms with E-state index in [4.69, 9.17) is 4.52 Å². The highest BCUT2D eigenvalue weighted by molar-refractivity contribution is 5.37. The second-order valence-electron chi connectivity index (χ2n) is 6.78. The molecule has 1 fully saturated rings. The Kier molecular flexibility index (Phi) is 4.86. The molecule has 1 atom stereocenters. The molecule has 1 aromatic carbocycles. The fourth-order valence-electron chi connectivity index (χ4n) is 3.50. The van der Waals surface area contributed by atoms with E-state index in [1.165, 1.54) is 12.1 Å². The second kappa shape index (κ2) is 6.78. The number of alkyl halides is 3. The minimum atomic E-state index is -4.36. The lowest BCUT2D eigenvalue weighted by Crippen LogP contribution is -2.26. The summed E-state index contributed by atoms with van der Waals surface area (Å²) in [6.45, 7) is 2.01. The molecule has 0 spiro atoms. The predicted octanol–water partition coefficient (Wildman–Crippen LogP) is 4.10. The number of benzene rings is 1. The number of aromatic nitrogens is 2. The van der Waals surface area contributed by atoms with Crippen LogP contribution >= 0.6 is 0 Å². The maximum Gasteiger partial charge on any atom is 0.416 e. The van der Waals surface area contributed by atoms with Gasteiger partial charge in [0.1, 0.15) is 0 Å². The first-order valence-electron chi connectivity index (χ1n) is 8.53. The summed E-state index contributed by atoms with van der Waals surface area (Å²) in [5.41, 5.74) is -0.647. The topological polar surface area (TPSA) is 51.0 Å². The van der Waals surface area contributed by atoms with Gasteiger partial charge < -0.3 is 9.84 Å². The van der Waals surface area contributed by atoms with Crippen molar-refractivity contribution in [3.63, 3.8) is 0 Å². The molecule has 2 aromatic rings. The Morgan fingerprint density at radius 3 is 2.64 bits per heavy atom. The molecule has 1 aliphatic rings. The number of nitrogens with zero attached hydrogens (tertiary/aromatic N) is 2. The molecule has 7 heteroatoms. The van der Waals surface area contributed by atoms with Gasteiger partial charge in [-0.05, 0) is 38.4 Å². The van der Waals surface area contributed by atoms with E-state index in [0.717, 1.165) is 31.7 Å². The van der Waals surface area contributed by atoms with Crippen LogP contribution in [-0.2, 0) is 18.0 Å². The van der Waals surface area contributed by atoms with E-state index in [9.17, 15) is 13.2 Å². The Morgan fingerprint density at radius 1 is 1.28 bits per heavy atom. The van der Waals surface area contributed by atoms with Gasteiger partial charge in [0, 0.05) is 12.5 Å². The van der Waals surface area contributed by atoms with Crippen LogP contribution in [0.3, 0.4) is 0 Å². The monoisotopic (exact) mass is 353 g/mol. The van der Waals surface area contributed by atoms with Gasteiger partial charge in [0.15, 0.2) is 5.82 Å². The van der Waals surface area contributed by atoms with Crippen LogP contribution in [0.15, 0.2) is 28.8 Å². The first-order valence-corrected chi connectivity index (χ1v) is 8.53. The molecular formula is C18H22F3N3O. The van der Waals surface area contributed by atoms with Gasteiger partial charge in [0.2, 0.25) is 5.89 Å². The molecule has 0 amide bonds. The van der Waals surface area contributed by atoms with E-state index in [1.54, 1.807) is 6.07 Å². The first kappa shape index (κ1) is 17.9. The third-order valence-corrected chi connectivity index (χ3v) is 5.06. The second-order valence-corrected chi connectivity index (χ2v) is 6.78. The number of likely N-dealkylation sites (N-methyl/N-ethyl adjacent to an activating group) is 1. The molecule has 4 nitrogen and oxygen atoms in total. The van der Waals surface area contributed by atoms with E-state index in [2.05, 4.69) is 15.5 Å². The summed E-state index contributed by atoms with van der Waals surface area (Å²) in [5, 5.41) is 7.15. The van der Waals surface area contributed by atoms with Gasteiger partial charge in [-0.3, -0.25) is 0 Å². The average molecular weight is 353 g/mol. The largest absolute Gasteiger partial charge is 0.416 e. The third kappa shape index (κ3) is 3.56.